The van der Waals surface area contributed by atoms with E-state index >= 15 is 0 Å². The van der Waals surface area contributed by atoms with E-state index in [0.717, 1.165) is 24.4 Å². The van der Waals surface area contributed by atoms with E-state index in [9.17, 15) is 9.90 Å². The number of carboxylic acid groups (broad SMARTS) is 1. The van der Waals surface area contributed by atoms with Gasteiger partial charge in [0.1, 0.15) is 18.1 Å². The van der Waals surface area contributed by atoms with Gasteiger partial charge in [-0.05, 0) is 38.1 Å². The van der Waals surface area contributed by atoms with Crippen molar-refractivity contribution >= 4 is 5.97 Å². The summed E-state index contributed by atoms with van der Waals surface area (Å²) < 4.78 is 5.60. The zero-order valence-corrected chi connectivity index (χ0v) is 10.6. The quantitative estimate of drug-likeness (QED) is 0.848. The van der Waals surface area contributed by atoms with E-state index < -0.39 is 5.97 Å². The number of carbonyl (C=O) groups is 1. The number of phenolic OH excluding ortho intramolecular Hbond substituents is 1. The van der Waals surface area contributed by atoms with Crippen LogP contribution in [0.5, 0.6) is 11.5 Å². The summed E-state index contributed by atoms with van der Waals surface area (Å²) in [6, 6.07) is 5.39. The summed E-state index contributed by atoms with van der Waals surface area (Å²) in [4.78, 5) is 13.2. The van der Waals surface area contributed by atoms with Gasteiger partial charge in [0.05, 0.1) is 12.0 Å². The van der Waals surface area contributed by atoms with Crippen molar-refractivity contribution in [3.8, 4) is 11.5 Å². The van der Waals surface area contributed by atoms with Crippen molar-refractivity contribution in [2.24, 2.45) is 5.92 Å². The van der Waals surface area contributed by atoms with Crippen LogP contribution >= 0.6 is 0 Å². The van der Waals surface area contributed by atoms with E-state index in [0.29, 0.717) is 19.4 Å². The fraction of sp³-hybridized carbons (Fsp3) is 0.500. The van der Waals surface area contributed by atoms with Gasteiger partial charge in [-0.25, -0.2) is 0 Å². The van der Waals surface area contributed by atoms with E-state index in [1.54, 1.807) is 12.1 Å². The maximum Gasteiger partial charge on any atom is 0.306 e. The number of phenols is 1. The second-order valence-electron chi connectivity index (χ2n) is 5.20. The number of ether oxygens (including phenoxy) is 1. The monoisotopic (exact) mass is 263 g/mol. The van der Waals surface area contributed by atoms with Crippen LogP contribution in [0.1, 0.15) is 24.4 Å². The van der Waals surface area contributed by atoms with Gasteiger partial charge in [-0.1, -0.05) is 0 Å². The maximum absolute atomic E-state index is 10.9. The van der Waals surface area contributed by atoms with Crippen LogP contribution in [-0.4, -0.2) is 40.8 Å². The summed E-state index contributed by atoms with van der Waals surface area (Å²) in [5.74, 6) is 0.0554. The van der Waals surface area contributed by atoms with Crippen molar-refractivity contribution in [2.45, 2.75) is 18.9 Å². The molecule has 1 aromatic rings. The Morgan fingerprint density at radius 2 is 2.05 bits per heavy atom. The standard InChI is InChI=1S/C14H17NO4/c16-10-1-2-11-12(8-19-13(11)7-10)15-5-3-9(4-6-15)14(17)18/h1-2,7,9,12,16H,3-6,8H2,(H,17,18). The van der Waals surface area contributed by atoms with Crippen LogP contribution in [0, 0.1) is 5.92 Å². The Morgan fingerprint density at radius 3 is 2.74 bits per heavy atom. The van der Waals surface area contributed by atoms with Crippen LogP contribution in [0.25, 0.3) is 0 Å². The van der Waals surface area contributed by atoms with Gasteiger partial charge in [0.2, 0.25) is 0 Å². The summed E-state index contributed by atoms with van der Waals surface area (Å²) in [5, 5.41) is 18.4. The van der Waals surface area contributed by atoms with E-state index in [1.165, 1.54) is 0 Å². The molecule has 1 unspecified atom stereocenters. The van der Waals surface area contributed by atoms with E-state index in [-0.39, 0.29) is 17.7 Å². The molecule has 0 amide bonds. The molecule has 0 aliphatic carbocycles. The molecular formula is C14H17NO4. The second-order valence-corrected chi connectivity index (χ2v) is 5.20. The molecule has 19 heavy (non-hydrogen) atoms. The van der Waals surface area contributed by atoms with Crippen molar-refractivity contribution in [1.29, 1.82) is 0 Å². The number of benzene rings is 1. The smallest absolute Gasteiger partial charge is 0.306 e. The first-order valence-corrected chi connectivity index (χ1v) is 6.57. The lowest BCUT2D eigenvalue weighted by atomic mass is 9.95. The molecule has 5 nitrogen and oxygen atoms in total. The molecule has 1 fully saturated rings. The number of hydrogen-bond donors (Lipinski definition) is 2. The van der Waals surface area contributed by atoms with Crippen molar-refractivity contribution < 1.29 is 19.7 Å². The van der Waals surface area contributed by atoms with Crippen LogP contribution < -0.4 is 4.74 Å². The Kier molecular flexibility index (Phi) is 3.06. The highest BCUT2D eigenvalue weighted by molar-refractivity contribution is 5.70. The Bertz CT molecular complexity index is 494. The van der Waals surface area contributed by atoms with Gasteiger partial charge in [0.25, 0.3) is 0 Å². The molecule has 5 heteroatoms. The van der Waals surface area contributed by atoms with Gasteiger partial charge in [-0.3, -0.25) is 9.69 Å². The lowest BCUT2D eigenvalue weighted by molar-refractivity contribution is -0.143. The molecule has 102 valence electrons. The Hall–Kier alpha value is -1.75. The number of likely N-dealkylation sites (tertiary alicyclic amines) is 1. The Labute approximate surface area is 111 Å². The molecule has 2 aliphatic heterocycles. The van der Waals surface area contributed by atoms with E-state index in [2.05, 4.69) is 4.90 Å². The fourth-order valence-corrected chi connectivity index (χ4v) is 2.94. The minimum atomic E-state index is -0.687. The minimum Gasteiger partial charge on any atom is -0.508 e. The highest BCUT2D eigenvalue weighted by Gasteiger charge is 2.33. The first kappa shape index (κ1) is 12.3. The van der Waals surface area contributed by atoms with Crippen molar-refractivity contribution in [3.63, 3.8) is 0 Å². The molecule has 3 rings (SSSR count). The summed E-state index contributed by atoms with van der Waals surface area (Å²) in [6.07, 6.45) is 1.39. The number of carboxylic acids is 1. The SMILES string of the molecule is O=C(O)C1CCN(C2COc3cc(O)ccc32)CC1. The third-order valence-corrected chi connectivity index (χ3v) is 4.07. The van der Waals surface area contributed by atoms with Crippen LogP contribution in [0.4, 0.5) is 0 Å². The van der Waals surface area contributed by atoms with Crippen LogP contribution in [0.2, 0.25) is 0 Å². The number of rotatable bonds is 2. The van der Waals surface area contributed by atoms with Crippen LogP contribution in [0.3, 0.4) is 0 Å². The van der Waals surface area contributed by atoms with Gasteiger partial charge >= 0.3 is 5.97 Å². The van der Waals surface area contributed by atoms with Crippen LogP contribution in [0.15, 0.2) is 18.2 Å². The second kappa shape index (κ2) is 4.74. The Balaban J connectivity index is 1.71. The molecule has 2 N–H and O–H groups in total. The predicted molar refractivity (Wildman–Crippen MR) is 68.3 cm³/mol. The normalized spacial score (nSPS) is 23.9. The number of nitrogens with zero attached hydrogens (tertiary/aromatic N) is 1. The summed E-state index contributed by atoms with van der Waals surface area (Å²) in [7, 11) is 0. The molecule has 1 saturated heterocycles. The lowest BCUT2D eigenvalue weighted by Gasteiger charge is -2.33. The first-order valence-electron chi connectivity index (χ1n) is 6.57. The van der Waals surface area contributed by atoms with E-state index in [1.807, 2.05) is 6.07 Å². The van der Waals surface area contributed by atoms with Gasteiger partial charge in [-0.15, -0.1) is 0 Å². The summed E-state index contributed by atoms with van der Waals surface area (Å²) >= 11 is 0. The molecule has 0 radical (unpaired) electrons. The lowest BCUT2D eigenvalue weighted by Crippen LogP contribution is -2.39. The number of piperidine rings is 1. The fourth-order valence-electron chi connectivity index (χ4n) is 2.94. The molecule has 0 aromatic heterocycles. The molecule has 0 bridgehead atoms. The summed E-state index contributed by atoms with van der Waals surface area (Å²) in [5.41, 5.74) is 1.09. The average molecular weight is 263 g/mol. The minimum absolute atomic E-state index is 0.186. The number of aliphatic carboxylic acids is 1. The number of hydrogen-bond acceptors (Lipinski definition) is 4. The van der Waals surface area contributed by atoms with E-state index in [4.69, 9.17) is 9.84 Å². The third-order valence-electron chi connectivity index (χ3n) is 4.07. The zero-order valence-electron chi connectivity index (χ0n) is 10.6. The molecule has 1 aromatic carbocycles. The molecule has 2 aliphatic rings. The maximum atomic E-state index is 10.9. The number of aromatic hydroxyl groups is 1. The van der Waals surface area contributed by atoms with Crippen molar-refractivity contribution in [2.75, 3.05) is 19.7 Å². The molecule has 0 spiro atoms. The first-order chi connectivity index (χ1) is 9.15. The van der Waals surface area contributed by atoms with Gasteiger partial charge in [0, 0.05) is 11.6 Å². The molecule has 1 atom stereocenters. The van der Waals surface area contributed by atoms with Gasteiger partial charge < -0.3 is 14.9 Å². The largest absolute Gasteiger partial charge is 0.508 e. The zero-order chi connectivity index (χ0) is 13.4. The molecular weight excluding hydrogens is 246 g/mol. The van der Waals surface area contributed by atoms with Crippen molar-refractivity contribution in [3.05, 3.63) is 23.8 Å². The molecule has 2 heterocycles. The predicted octanol–water partition coefficient (Wildman–Crippen LogP) is 1.62. The summed E-state index contributed by atoms with van der Waals surface area (Å²) in [6.45, 7) is 2.15. The van der Waals surface area contributed by atoms with Crippen molar-refractivity contribution in [1.82, 2.24) is 4.90 Å². The van der Waals surface area contributed by atoms with Gasteiger partial charge in [-0.2, -0.15) is 0 Å². The van der Waals surface area contributed by atoms with Gasteiger partial charge in [0.15, 0.2) is 0 Å². The highest BCUT2D eigenvalue weighted by Crippen LogP contribution is 2.39. The number of fused-ring (bicyclic) bond motifs is 1. The Morgan fingerprint density at radius 1 is 1.32 bits per heavy atom. The average Bonchev–Trinajstić information content (AvgIpc) is 2.81. The molecule has 0 saturated carbocycles. The van der Waals surface area contributed by atoms with Crippen LogP contribution in [-0.2, 0) is 4.79 Å². The third kappa shape index (κ3) is 2.26. The highest BCUT2D eigenvalue weighted by atomic mass is 16.5. The topological polar surface area (TPSA) is 70.0 Å².